The monoisotopic (exact) mass is 342 g/mol. The van der Waals surface area contributed by atoms with Gasteiger partial charge < -0.3 is 4.57 Å². The van der Waals surface area contributed by atoms with Crippen molar-refractivity contribution in [2.45, 2.75) is 64.0 Å². The van der Waals surface area contributed by atoms with Gasteiger partial charge in [-0.05, 0) is 61.0 Å². The van der Waals surface area contributed by atoms with E-state index in [1.807, 2.05) is 7.05 Å². The molecule has 134 valence electrons. The Labute approximate surface area is 147 Å². The molecule has 5 rings (SSSR count). The zero-order valence-corrected chi connectivity index (χ0v) is 14.9. The predicted octanol–water partition coefficient (Wildman–Crippen LogP) is 1.30. The average Bonchev–Trinajstić information content (AvgIpc) is 3.06. The summed E-state index contributed by atoms with van der Waals surface area (Å²) in [4.78, 5) is 2.48. The Kier molecular flexibility index (Phi) is 3.62. The second-order valence-corrected chi connectivity index (χ2v) is 8.05. The molecule has 0 bridgehead atoms. The number of rotatable bonds is 3. The van der Waals surface area contributed by atoms with Gasteiger partial charge >= 0.3 is 0 Å². The highest BCUT2D eigenvalue weighted by atomic mass is 15.5. The van der Waals surface area contributed by atoms with Gasteiger partial charge in [0, 0.05) is 25.9 Å². The third-order valence-corrected chi connectivity index (χ3v) is 6.56. The van der Waals surface area contributed by atoms with Gasteiger partial charge in [-0.3, -0.25) is 4.90 Å². The molecule has 0 N–H and O–H groups in total. The lowest BCUT2D eigenvalue weighted by Gasteiger charge is -2.32. The molecule has 2 aliphatic heterocycles. The lowest BCUT2D eigenvalue weighted by atomic mass is 9.90. The smallest absolute Gasteiger partial charge is 0.164 e. The van der Waals surface area contributed by atoms with Gasteiger partial charge in [-0.1, -0.05) is 6.42 Å². The lowest BCUT2D eigenvalue weighted by Crippen LogP contribution is -2.35. The minimum Gasteiger partial charge on any atom is -0.315 e. The topological polar surface area (TPSA) is 77.6 Å². The van der Waals surface area contributed by atoms with Crippen LogP contribution in [0.5, 0.6) is 0 Å². The van der Waals surface area contributed by atoms with E-state index < -0.39 is 0 Å². The summed E-state index contributed by atoms with van der Waals surface area (Å²) in [5, 5.41) is 20.9. The Bertz CT molecular complexity index is 755. The van der Waals surface area contributed by atoms with Crippen LogP contribution in [0, 0.1) is 5.41 Å². The van der Waals surface area contributed by atoms with Gasteiger partial charge in [0.25, 0.3) is 0 Å². The van der Waals surface area contributed by atoms with Gasteiger partial charge in [-0.2, -0.15) is 0 Å². The number of aryl methyl sites for hydroxylation is 2. The molecule has 0 amide bonds. The Morgan fingerprint density at radius 2 is 1.92 bits per heavy atom. The molecule has 1 aliphatic carbocycles. The number of piperidine rings is 1. The molecule has 8 heteroatoms. The SMILES string of the molecule is Cn1nnnc1CN1CCC2(CC1)CC2c1nnc2n1CCCCC2. The molecule has 1 unspecified atom stereocenters. The lowest BCUT2D eigenvalue weighted by molar-refractivity contribution is 0.156. The van der Waals surface area contributed by atoms with Crippen molar-refractivity contribution in [3.63, 3.8) is 0 Å². The largest absolute Gasteiger partial charge is 0.315 e. The summed E-state index contributed by atoms with van der Waals surface area (Å²) in [6, 6.07) is 0. The maximum atomic E-state index is 4.61. The first kappa shape index (κ1) is 15.4. The van der Waals surface area contributed by atoms with Gasteiger partial charge in [-0.25, -0.2) is 4.68 Å². The Hall–Kier alpha value is -1.83. The third kappa shape index (κ3) is 2.67. The maximum Gasteiger partial charge on any atom is 0.164 e. The normalized spacial score (nSPS) is 25.7. The number of nitrogens with zero attached hydrogens (tertiary/aromatic N) is 8. The third-order valence-electron chi connectivity index (χ3n) is 6.56. The van der Waals surface area contributed by atoms with Crippen LogP contribution in [0.2, 0.25) is 0 Å². The zero-order valence-electron chi connectivity index (χ0n) is 14.9. The summed E-state index contributed by atoms with van der Waals surface area (Å²) in [7, 11) is 1.91. The highest BCUT2D eigenvalue weighted by molar-refractivity contribution is 5.21. The van der Waals surface area contributed by atoms with Gasteiger partial charge in [0.05, 0.1) is 6.54 Å². The molecule has 2 fully saturated rings. The molecule has 3 aliphatic rings. The van der Waals surface area contributed by atoms with Crippen LogP contribution in [0.15, 0.2) is 0 Å². The van der Waals surface area contributed by atoms with Gasteiger partial charge in [-0.15, -0.1) is 15.3 Å². The molecular formula is C17H26N8. The van der Waals surface area contributed by atoms with Crippen LogP contribution >= 0.6 is 0 Å². The van der Waals surface area contributed by atoms with E-state index in [2.05, 4.69) is 35.2 Å². The average molecular weight is 342 g/mol. The summed E-state index contributed by atoms with van der Waals surface area (Å²) in [6.45, 7) is 4.23. The van der Waals surface area contributed by atoms with Crippen molar-refractivity contribution in [2.75, 3.05) is 13.1 Å². The highest BCUT2D eigenvalue weighted by Gasteiger charge is 2.57. The second kappa shape index (κ2) is 5.86. The van der Waals surface area contributed by atoms with E-state index in [0.29, 0.717) is 11.3 Å². The molecule has 1 spiro atoms. The highest BCUT2D eigenvalue weighted by Crippen LogP contribution is 2.64. The van der Waals surface area contributed by atoms with Crippen LogP contribution in [0.4, 0.5) is 0 Å². The van der Waals surface area contributed by atoms with E-state index in [1.165, 1.54) is 50.2 Å². The Balaban J connectivity index is 1.25. The van der Waals surface area contributed by atoms with Crippen molar-refractivity contribution in [3.8, 4) is 0 Å². The molecule has 1 atom stereocenters. The van der Waals surface area contributed by atoms with Crippen LogP contribution in [-0.2, 0) is 26.6 Å². The molecule has 0 aromatic carbocycles. The number of hydrogen-bond acceptors (Lipinski definition) is 6. The van der Waals surface area contributed by atoms with Gasteiger partial charge in [0.15, 0.2) is 5.82 Å². The summed E-state index contributed by atoms with van der Waals surface area (Å²) in [5.41, 5.74) is 0.477. The van der Waals surface area contributed by atoms with Crippen LogP contribution < -0.4 is 0 Å². The molecule has 2 aromatic rings. The minimum atomic E-state index is 0.477. The molecule has 25 heavy (non-hydrogen) atoms. The fourth-order valence-corrected chi connectivity index (χ4v) is 4.77. The maximum absolute atomic E-state index is 4.61. The number of aromatic nitrogens is 7. The Morgan fingerprint density at radius 1 is 1.04 bits per heavy atom. The number of hydrogen-bond donors (Lipinski definition) is 0. The second-order valence-electron chi connectivity index (χ2n) is 8.05. The number of tetrazole rings is 1. The number of likely N-dealkylation sites (tertiary alicyclic amines) is 1. The van der Waals surface area contributed by atoms with E-state index in [4.69, 9.17) is 0 Å². The molecule has 2 aromatic heterocycles. The molecular weight excluding hydrogens is 316 g/mol. The summed E-state index contributed by atoms with van der Waals surface area (Å²) >= 11 is 0. The molecule has 4 heterocycles. The van der Waals surface area contributed by atoms with Crippen molar-refractivity contribution in [1.29, 1.82) is 0 Å². The summed E-state index contributed by atoms with van der Waals surface area (Å²) in [5.74, 6) is 4.08. The zero-order chi connectivity index (χ0) is 16.9. The first-order chi connectivity index (χ1) is 12.3. The minimum absolute atomic E-state index is 0.477. The van der Waals surface area contributed by atoms with Crippen molar-refractivity contribution in [3.05, 3.63) is 17.5 Å². The van der Waals surface area contributed by atoms with Gasteiger partial charge in [0.1, 0.15) is 11.6 Å². The predicted molar refractivity (Wildman–Crippen MR) is 90.7 cm³/mol. The van der Waals surface area contributed by atoms with Crippen LogP contribution in [-0.4, -0.2) is 53.0 Å². The Morgan fingerprint density at radius 3 is 2.72 bits per heavy atom. The van der Waals surface area contributed by atoms with E-state index in [1.54, 1.807) is 4.68 Å². The fraction of sp³-hybridized carbons (Fsp3) is 0.824. The fourth-order valence-electron chi connectivity index (χ4n) is 4.77. The van der Waals surface area contributed by atoms with Crippen molar-refractivity contribution in [2.24, 2.45) is 12.5 Å². The van der Waals surface area contributed by atoms with Crippen molar-refractivity contribution >= 4 is 0 Å². The van der Waals surface area contributed by atoms with E-state index in [0.717, 1.165) is 38.4 Å². The molecule has 1 saturated heterocycles. The number of fused-ring (bicyclic) bond motifs is 1. The van der Waals surface area contributed by atoms with E-state index in [9.17, 15) is 0 Å². The van der Waals surface area contributed by atoms with E-state index in [-0.39, 0.29) is 0 Å². The van der Waals surface area contributed by atoms with Crippen LogP contribution in [0.3, 0.4) is 0 Å². The first-order valence-electron chi connectivity index (χ1n) is 9.61. The van der Waals surface area contributed by atoms with E-state index >= 15 is 0 Å². The van der Waals surface area contributed by atoms with Crippen LogP contribution in [0.1, 0.15) is 61.9 Å². The quantitative estimate of drug-likeness (QED) is 0.837. The van der Waals surface area contributed by atoms with Crippen LogP contribution in [0.25, 0.3) is 0 Å². The molecule has 8 nitrogen and oxygen atoms in total. The summed E-state index contributed by atoms with van der Waals surface area (Å²) in [6.07, 6.45) is 8.77. The standard InChI is InChI=1S/C17H26N8/c1-23-15(19-21-22-23)12-24-9-6-17(7-10-24)11-13(17)16-20-18-14-5-3-2-4-8-25(14)16/h13H,2-12H2,1H3. The van der Waals surface area contributed by atoms with Gasteiger partial charge in [0.2, 0.25) is 0 Å². The van der Waals surface area contributed by atoms with Crippen molar-refractivity contribution < 1.29 is 0 Å². The first-order valence-corrected chi connectivity index (χ1v) is 9.61. The molecule has 0 radical (unpaired) electrons. The van der Waals surface area contributed by atoms with Crippen molar-refractivity contribution in [1.82, 2.24) is 39.9 Å². The molecule has 1 saturated carbocycles. The summed E-state index contributed by atoms with van der Waals surface area (Å²) < 4.78 is 4.22.